The smallest absolute Gasteiger partial charge is 0.490 e. The van der Waals surface area contributed by atoms with E-state index in [1.807, 2.05) is 6.07 Å². The minimum atomic E-state index is -0.411. The Bertz CT molecular complexity index is 920. The summed E-state index contributed by atoms with van der Waals surface area (Å²) in [6, 6.07) is 10.5. The molecule has 2 aromatic rings. The molecule has 1 saturated heterocycles. The minimum Gasteiger partial charge on any atom is -0.490 e. The summed E-state index contributed by atoms with van der Waals surface area (Å²) < 4.78 is 18.5. The molecule has 2 aromatic carbocycles. The third kappa shape index (κ3) is 4.29. The Hall–Kier alpha value is -2.05. The normalized spacial score (nSPS) is 20.1. The van der Waals surface area contributed by atoms with Gasteiger partial charge >= 0.3 is 7.12 Å². The molecule has 1 amide bonds. The highest BCUT2D eigenvalue weighted by Gasteiger charge is 2.51. The van der Waals surface area contributed by atoms with Gasteiger partial charge < -0.3 is 19.4 Å². The van der Waals surface area contributed by atoms with E-state index in [0.717, 1.165) is 46.8 Å². The molecule has 29 heavy (non-hydrogen) atoms. The van der Waals surface area contributed by atoms with Gasteiger partial charge in [-0.25, -0.2) is 0 Å². The highest BCUT2D eigenvalue weighted by Crippen LogP contribution is 2.37. The van der Waals surface area contributed by atoms with E-state index in [0.29, 0.717) is 12.6 Å². The zero-order valence-corrected chi connectivity index (χ0v) is 18.0. The van der Waals surface area contributed by atoms with E-state index in [4.69, 9.17) is 14.0 Å². The van der Waals surface area contributed by atoms with E-state index in [-0.39, 0.29) is 17.1 Å². The average Bonchev–Trinajstić information content (AvgIpc) is 3.40. The Morgan fingerprint density at radius 2 is 1.83 bits per heavy atom. The van der Waals surface area contributed by atoms with E-state index in [9.17, 15) is 4.79 Å². The van der Waals surface area contributed by atoms with Crippen molar-refractivity contribution in [1.29, 1.82) is 0 Å². The van der Waals surface area contributed by atoms with Gasteiger partial charge in [0.25, 0.3) is 0 Å². The molecule has 4 rings (SSSR count). The van der Waals surface area contributed by atoms with Crippen molar-refractivity contribution in [3.05, 3.63) is 35.9 Å². The van der Waals surface area contributed by atoms with Crippen molar-refractivity contribution >= 4 is 29.3 Å². The van der Waals surface area contributed by atoms with Crippen molar-refractivity contribution in [2.75, 3.05) is 6.54 Å². The summed E-state index contributed by atoms with van der Waals surface area (Å²) in [5.74, 6) is 0.887. The number of rotatable bonds is 6. The number of carbonyl (C=O) groups excluding carboxylic acids is 1. The lowest BCUT2D eigenvalue weighted by molar-refractivity contribution is -0.118. The van der Waals surface area contributed by atoms with Crippen LogP contribution in [0.15, 0.2) is 30.3 Å². The predicted octanol–water partition coefficient (Wildman–Crippen LogP) is 3.36. The van der Waals surface area contributed by atoms with E-state index in [1.54, 1.807) is 6.92 Å². The number of carbonyl (C=O) groups is 1. The molecule has 1 aliphatic carbocycles. The Labute approximate surface area is 173 Å². The fourth-order valence-electron chi connectivity index (χ4n) is 3.59. The van der Waals surface area contributed by atoms with Gasteiger partial charge in [0.05, 0.1) is 17.3 Å². The lowest BCUT2D eigenvalue weighted by atomic mass is 9.76. The van der Waals surface area contributed by atoms with E-state index in [2.05, 4.69) is 57.3 Å². The van der Waals surface area contributed by atoms with Crippen LogP contribution in [-0.4, -0.2) is 36.9 Å². The number of nitrogens with one attached hydrogen (secondary N) is 1. The van der Waals surface area contributed by atoms with Crippen LogP contribution in [0.25, 0.3) is 10.8 Å². The largest absolute Gasteiger partial charge is 0.494 e. The molecule has 0 bridgehead atoms. The third-order valence-corrected chi connectivity index (χ3v) is 6.15. The molecule has 0 aromatic heterocycles. The summed E-state index contributed by atoms with van der Waals surface area (Å²) in [7, 11) is -0.411. The quantitative estimate of drug-likeness (QED) is 0.763. The van der Waals surface area contributed by atoms with Crippen molar-refractivity contribution in [1.82, 2.24) is 5.32 Å². The fourth-order valence-corrected chi connectivity index (χ4v) is 3.59. The number of amides is 1. The van der Waals surface area contributed by atoms with Crippen LogP contribution in [0.1, 0.15) is 53.0 Å². The summed E-state index contributed by atoms with van der Waals surface area (Å²) in [6.45, 7) is 10.4. The van der Waals surface area contributed by atoms with Crippen molar-refractivity contribution in [3.8, 4) is 5.75 Å². The lowest BCUT2D eigenvalue weighted by Gasteiger charge is -2.32. The molecule has 6 heteroatoms. The van der Waals surface area contributed by atoms with Gasteiger partial charge in [-0.05, 0) is 80.9 Å². The van der Waals surface area contributed by atoms with Crippen LogP contribution >= 0.6 is 0 Å². The topological polar surface area (TPSA) is 56.8 Å². The maximum absolute atomic E-state index is 11.3. The average molecular weight is 395 g/mol. The van der Waals surface area contributed by atoms with Crippen LogP contribution in [0, 0.1) is 0 Å². The van der Waals surface area contributed by atoms with Gasteiger partial charge in [-0.3, -0.25) is 4.79 Å². The Morgan fingerprint density at radius 3 is 2.45 bits per heavy atom. The molecule has 154 valence electrons. The molecule has 0 unspecified atom stereocenters. The van der Waals surface area contributed by atoms with Crippen molar-refractivity contribution < 1.29 is 18.8 Å². The molecule has 1 saturated carbocycles. The van der Waals surface area contributed by atoms with Crippen molar-refractivity contribution in [2.24, 2.45) is 0 Å². The van der Waals surface area contributed by atoms with E-state index >= 15 is 0 Å². The van der Waals surface area contributed by atoms with Gasteiger partial charge in [-0.1, -0.05) is 18.2 Å². The third-order valence-electron chi connectivity index (χ3n) is 6.15. The maximum Gasteiger partial charge on any atom is 0.494 e. The second-order valence-corrected chi connectivity index (χ2v) is 9.20. The number of ether oxygens (including phenoxy) is 1. The molecule has 1 N–H and O–H groups in total. The molecule has 0 atom stereocenters. The van der Waals surface area contributed by atoms with E-state index in [1.165, 1.54) is 0 Å². The van der Waals surface area contributed by atoms with Crippen LogP contribution in [0.2, 0.25) is 0 Å². The zero-order valence-electron chi connectivity index (χ0n) is 18.0. The maximum atomic E-state index is 11.3. The number of hydrogen-bond donors (Lipinski definition) is 1. The molecular formula is C23H30BNO4. The second-order valence-electron chi connectivity index (χ2n) is 9.20. The van der Waals surface area contributed by atoms with Gasteiger partial charge in [0.2, 0.25) is 5.91 Å². The van der Waals surface area contributed by atoms with Gasteiger partial charge in [0.1, 0.15) is 5.75 Å². The minimum absolute atomic E-state index is 0.0193. The molecule has 0 spiro atoms. The van der Waals surface area contributed by atoms with Crippen molar-refractivity contribution in [2.45, 2.75) is 71.2 Å². The SMILES string of the molecule is CC(=O)NCCc1cc(B2OC(C)(C)C(C)(C)O2)cc2ccc(OC3CC3)cc12. The lowest BCUT2D eigenvalue weighted by Crippen LogP contribution is -2.41. The van der Waals surface area contributed by atoms with Gasteiger partial charge in [-0.15, -0.1) is 0 Å². The van der Waals surface area contributed by atoms with Crippen molar-refractivity contribution in [3.63, 3.8) is 0 Å². The Balaban J connectivity index is 1.69. The molecular weight excluding hydrogens is 365 g/mol. The molecule has 2 fully saturated rings. The van der Waals surface area contributed by atoms with Crippen LogP contribution < -0.4 is 15.5 Å². The molecule has 1 heterocycles. The zero-order chi connectivity index (χ0) is 20.8. The van der Waals surface area contributed by atoms with Gasteiger partial charge in [0, 0.05) is 13.5 Å². The molecule has 0 radical (unpaired) electrons. The number of hydrogen-bond acceptors (Lipinski definition) is 4. The fraction of sp³-hybridized carbons (Fsp3) is 0.522. The second kappa shape index (κ2) is 7.33. The molecule has 2 aliphatic rings. The first-order valence-electron chi connectivity index (χ1n) is 10.5. The summed E-state index contributed by atoms with van der Waals surface area (Å²) >= 11 is 0. The molecule has 5 nitrogen and oxygen atoms in total. The highest BCUT2D eigenvalue weighted by molar-refractivity contribution is 6.62. The predicted molar refractivity (Wildman–Crippen MR) is 116 cm³/mol. The standard InChI is InChI=1S/C23H30BNO4/c1-15(26)25-11-10-17-13-18(24-28-22(2,3)23(4,5)29-24)12-16-6-7-20(14-21(16)17)27-19-8-9-19/h6-7,12-14,19H,8-11H2,1-5H3,(H,25,26). The number of benzene rings is 2. The van der Waals surface area contributed by atoms with E-state index < -0.39 is 7.12 Å². The van der Waals surface area contributed by atoms with Crippen LogP contribution in [0.5, 0.6) is 5.75 Å². The highest BCUT2D eigenvalue weighted by atomic mass is 16.7. The summed E-state index contributed by atoms with van der Waals surface area (Å²) in [5.41, 5.74) is 1.39. The first kappa shape index (κ1) is 20.2. The van der Waals surface area contributed by atoms with Crippen LogP contribution in [0.3, 0.4) is 0 Å². The monoisotopic (exact) mass is 395 g/mol. The Kier molecular flexibility index (Phi) is 5.12. The summed E-state index contributed by atoms with van der Waals surface area (Å²) in [6.07, 6.45) is 3.36. The van der Waals surface area contributed by atoms with Gasteiger partial charge in [0.15, 0.2) is 0 Å². The number of fused-ring (bicyclic) bond motifs is 1. The summed E-state index contributed by atoms with van der Waals surface area (Å²) in [5, 5.41) is 5.17. The van der Waals surface area contributed by atoms with Crippen LogP contribution in [0.4, 0.5) is 0 Å². The first-order chi connectivity index (χ1) is 13.6. The van der Waals surface area contributed by atoms with Crippen LogP contribution in [-0.2, 0) is 20.5 Å². The Morgan fingerprint density at radius 1 is 1.14 bits per heavy atom. The molecule has 1 aliphatic heterocycles. The first-order valence-corrected chi connectivity index (χ1v) is 10.5. The van der Waals surface area contributed by atoms with Gasteiger partial charge in [-0.2, -0.15) is 0 Å². The summed E-state index contributed by atoms with van der Waals surface area (Å²) in [4.78, 5) is 11.3.